The van der Waals surface area contributed by atoms with Gasteiger partial charge in [0.1, 0.15) is 13.1 Å². The van der Waals surface area contributed by atoms with E-state index in [1.54, 1.807) is 20.3 Å². The summed E-state index contributed by atoms with van der Waals surface area (Å²) in [6.45, 7) is 3.16. The van der Waals surface area contributed by atoms with Crippen molar-refractivity contribution in [1.82, 2.24) is 14.5 Å². The standard InChI is InChI=1S/C11H18N3O3/c1-14(4-6-17-7-5-14)11-12-9(15-2)8-10(13-11)16-3/h8H,4-7H2,1-3H3/q+1. The number of aromatic nitrogens is 2. The van der Waals surface area contributed by atoms with Gasteiger partial charge in [-0.25, -0.2) is 0 Å². The van der Waals surface area contributed by atoms with Gasteiger partial charge in [0.15, 0.2) is 0 Å². The van der Waals surface area contributed by atoms with Crippen LogP contribution in [-0.4, -0.2) is 57.5 Å². The van der Waals surface area contributed by atoms with Crippen LogP contribution in [0.1, 0.15) is 0 Å². The van der Waals surface area contributed by atoms with Crippen LogP contribution in [0.25, 0.3) is 0 Å². The number of rotatable bonds is 3. The van der Waals surface area contributed by atoms with E-state index < -0.39 is 0 Å². The van der Waals surface area contributed by atoms with Crippen LogP contribution in [0.2, 0.25) is 0 Å². The lowest BCUT2D eigenvalue weighted by atomic mass is 10.3. The molecule has 0 bridgehead atoms. The highest BCUT2D eigenvalue weighted by atomic mass is 16.5. The monoisotopic (exact) mass is 240 g/mol. The number of quaternary nitrogens is 1. The molecule has 6 heteroatoms. The molecule has 0 saturated carbocycles. The van der Waals surface area contributed by atoms with E-state index in [1.165, 1.54) is 0 Å². The Kier molecular flexibility index (Phi) is 3.44. The topological polar surface area (TPSA) is 53.5 Å². The number of ether oxygens (including phenoxy) is 3. The Balaban J connectivity index is 2.35. The fraction of sp³-hybridized carbons (Fsp3) is 0.636. The van der Waals surface area contributed by atoms with Gasteiger partial charge in [-0.3, -0.25) is 4.48 Å². The largest absolute Gasteiger partial charge is 0.481 e. The molecule has 0 amide bonds. The second-order valence-electron chi connectivity index (χ2n) is 4.21. The van der Waals surface area contributed by atoms with Gasteiger partial charge in [0.25, 0.3) is 0 Å². The number of nitrogens with zero attached hydrogens (tertiary/aromatic N) is 3. The lowest BCUT2D eigenvalue weighted by molar-refractivity contribution is 0.0491. The minimum Gasteiger partial charge on any atom is -0.481 e. The predicted octanol–water partition coefficient (Wildman–Crippen LogP) is 0.461. The molecular formula is C11H18N3O3+. The number of methoxy groups -OCH3 is 2. The summed E-state index contributed by atoms with van der Waals surface area (Å²) in [5, 5.41) is 0. The predicted molar refractivity (Wildman–Crippen MR) is 63.4 cm³/mol. The van der Waals surface area contributed by atoms with E-state index in [2.05, 4.69) is 17.0 Å². The second-order valence-corrected chi connectivity index (χ2v) is 4.21. The first-order chi connectivity index (χ1) is 8.18. The molecule has 0 spiro atoms. The Hall–Kier alpha value is -1.40. The van der Waals surface area contributed by atoms with Crippen LogP contribution in [0, 0.1) is 0 Å². The molecule has 0 aliphatic carbocycles. The van der Waals surface area contributed by atoms with Crippen molar-refractivity contribution in [3.63, 3.8) is 0 Å². The maximum Gasteiger partial charge on any atom is 0.335 e. The first-order valence-corrected chi connectivity index (χ1v) is 5.58. The van der Waals surface area contributed by atoms with Crippen LogP contribution < -0.4 is 14.0 Å². The number of morpholine rings is 1. The summed E-state index contributed by atoms with van der Waals surface area (Å²) in [5.74, 6) is 1.76. The molecule has 1 aromatic heterocycles. The molecule has 1 fully saturated rings. The summed E-state index contributed by atoms with van der Waals surface area (Å²) in [6.07, 6.45) is 0. The van der Waals surface area contributed by atoms with E-state index in [1.807, 2.05) is 0 Å². The van der Waals surface area contributed by atoms with Gasteiger partial charge < -0.3 is 14.2 Å². The summed E-state index contributed by atoms with van der Waals surface area (Å²) in [5.41, 5.74) is 0. The molecule has 1 saturated heterocycles. The van der Waals surface area contributed by atoms with Crippen molar-refractivity contribution < 1.29 is 14.2 Å². The van der Waals surface area contributed by atoms with Crippen LogP contribution in [-0.2, 0) is 4.74 Å². The number of likely N-dealkylation sites (N-methyl/N-ethyl adjacent to an activating group) is 1. The van der Waals surface area contributed by atoms with Crippen molar-refractivity contribution in [2.45, 2.75) is 0 Å². The third kappa shape index (κ3) is 2.48. The summed E-state index contributed by atoms with van der Waals surface area (Å²) >= 11 is 0. The fourth-order valence-electron chi connectivity index (χ4n) is 1.79. The van der Waals surface area contributed by atoms with Gasteiger partial charge >= 0.3 is 5.95 Å². The van der Waals surface area contributed by atoms with Gasteiger partial charge in [-0.15, -0.1) is 9.97 Å². The van der Waals surface area contributed by atoms with Gasteiger partial charge in [-0.05, 0) is 0 Å². The van der Waals surface area contributed by atoms with Crippen molar-refractivity contribution in [2.24, 2.45) is 0 Å². The molecule has 0 radical (unpaired) electrons. The Morgan fingerprint density at radius 3 is 2.12 bits per heavy atom. The van der Waals surface area contributed by atoms with E-state index >= 15 is 0 Å². The Morgan fingerprint density at radius 2 is 1.65 bits per heavy atom. The third-order valence-electron chi connectivity index (χ3n) is 3.03. The Bertz CT molecular complexity index is 369. The molecule has 1 aliphatic rings. The molecule has 1 aromatic rings. The zero-order chi connectivity index (χ0) is 12.3. The van der Waals surface area contributed by atoms with Gasteiger partial charge in [0.05, 0.1) is 40.5 Å². The summed E-state index contributed by atoms with van der Waals surface area (Å²) < 4.78 is 16.3. The quantitative estimate of drug-likeness (QED) is 0.718. The molecule has 2 rings (SSSR count). The van der Waals surface area contributed by atoms with E-state index in [0.717, 1.165) is 26.3 Å². The molecular weight excluding hydrogens is 222 g/mol. The fourth-order valence-corrected chi connectivity index (χ4v) is 1.79. The number of hydrogen-bond acceptors (Lipinski definition) is 5. The van der Waals surface area contributed by atoms with Crippen molar-refractivity contribution in [2.75, 3.05) is 47.6 Å². The van der Waals surface area contributed by atoms with E-state index in [4.69, 9.17) is 14.2 Å². The summed E-state index contributed by atoms with van der Waals surface area (Å²) in [7, 11) is 5.27. The highest BCUT2D eigenvalue weighted by Crippen LogP contribution is 2.24. The highest BCUT2D eigenvalue weighted by molar-refractivity contribution is 5.33. The SMILES string of the molecule is COc1cc(OC)nc([N+]2(C)CCOCC2)n1. The van der Waals surface area contributed by atoms with Crippen molar-refractivity contribution >= 4 is 5.95 Å². The van der Waals surface area contributed by atoms with Gasteiger partial charge in [0.2, 0.25) is 11.8 Å². The molecule has 0 aromatic carbocycles. The molecule has 0 atom stereocenters. The van der Waals surface area contributed by atoms with Crippen LogP contribution in [0.5, 0.6) is 11.8 Å². The van der Waals surface area contributed by atoms with Crippen LogP contribution in [0.3, 0.4) is 0 Å². The van der Waals surface area contributed by atoms with E-state index in [9.17, 15) is 0 Å². The maximum absolute atomic E-state index is 5.37. The highest BCUT2D eigenvalue weighted by Gasteiger charge is 2.32. The van der Waals surface area contributed by atoms with E-state index in [-0.39, 0.29) is 0 Å². The zero-order valence-corrected chi connectivity index (χ0v) is 10.5. The van der Waals surface area contributed by atoms with Crippen LogP contribution >= 0.6 is 0 Å². The molecule has 2 heterocycles. The maximum atomic E-state index is 5.37. The minimum absolute atomic E-state index is 0.526. The minimum atomic E-state index is 0.526. The summed E-state index contributed by atoms with van der Waals surface area (Å²) in [6, 6.07) is 1.68. The van der Waals surface area contributed by atoms with Gasteiger partial charge in [-0.2, -0.15) is 0 Å². The zero-order valence-electron chi connectivity index (χ0n) is 10.5. The second kappa shape index (κ2) is 4.85. The Labute approximate surface area is 101 Å². The van der Waals surface area contributed by atoms with Crippen molar-refractivity contribution in [3.05, 3.63) is 6.07 Å². The van der Waals surface area contributed by atoms with Crippen LogP contribution in [0.15, 0.2) is 6.07 Å². The molecule has 94 valence electrons. The van der Waals surface area contributed by atoms with Crippen molar-refractivity contribution in [3.8, 4) is 11.8 Å². The first-order valence-electron chi connectivity index (χ1n) is 5.58. The lowest BCUT2D eigenvalue weighted by Gasteiger charge is -2.34. The molecule has 6 nitrogen and oxygen atoms in total. The number of hydrogen-bond donors (Lipinski definition) is 0. The molecule has 0 N–H and O–H groups in total. The van der Waals surface area contributed by atoms with Crippen molar-refractivity contribution in [1.29, 1.82) is 0 Å². The smallest absolute Gasteiger partial charge is 0.335 e. The average Bonchev–Trinajstić information content (AvgIpc) is 2.39. The molecule has 1 aliphatic heterocycles. The average molecular weight is 240 g/mol. The van der Waals surface area contributed by atoms with Crippen LogP contribution in [0.4, 0.5) is 5.95 Å². The van der Waals surface area contributed by atoms with Gasteiger partial charge in [0, 0.05) is 0 Å². The lowest BCUT2D eigenvalue weighted by Crippen LogP contribution is -2.54. The Morgan fingerprint density at radius 1 is 1.12 bits per heavy atom. The normalized spacial score (nSPS) is 18.8. The molecule has 0 unspecified atom stereocenters. The first kappa shape index (κ1) is 12.1. The third-order valence-corrected chi connectivity index (χ3v) is 3.03. The van der Waals surface area contributed by atoms with Gasteiger partial charge in [-0.1, -0.05) is 0 Å². The summed E-state index contributed by atoms with van der Waals surface area (Å²) in [4.78, 5) is 8.80. The van der Waals surface area contributed by atoms with E-state index in [0.29, 0.717) is 22.2 Å². The molecule has 17 heavy (non-hydrogen) atoms.